The number of ether oxygens (including phenoxy) is 2. The quantitative estimate of drug-likeness (QED) is 0.695. The zero-order valence-electron chi connectivity index (χ0n) is 9.10. The first-order valence-electron chi connectivity index (χ1n) is 4.75. The lowest BCUT2D eigenvalue weighted by Gasteiger charge is -2.13. The van der Waals surface area contributed by atoms with Gasteiger partial charge in [-0.3, -0.25) is 0 Å². The zero-order valence-corrected chi connectivity index (χ0v) is 9.10. The average Bonchev–Trinajstić information content (AvgIpc) is 2.16. The third-order valence-corrected chi connectivity index (χ3v) is 1.85. The standard InChI is InChI=1S/C10H15BO4/c1-7(2)15-8-4-5-9(11(12)13)10(6-8)14-3/h4-7,12-13H,1-3H3. The Morgan fingerprint density at radius 1 is 1.27 bits per heavy atom. The van der Waals surface area contributed by atoms with E-state index in [0.717, 1.165) is 0 Å². The van der Waals surface area contributed by atoms with Crippen molar-refractivity contribution in [1.82, 2.24) is 0 Å². The molecule has 0 aliphatic rings. The lowest BCUT2D eigenvalue weighted by atomic mass is 9.79. The molecule has 1 rings (SSSR count). The summed E-state index contributed by atoms with van der Waals surface area (Å²) in [5, 5.41) is 18.1. The molecule has 5 heteroatoms. The van der Waals surface area contributed by atoms with Crippen LogP contribution in [0.15, 0.2) is 18.2 Å². The molecule has 82 valence electrons. The van der Waals surface area contributed by atoms with Crippen LogP contribution in [0.5, 0.6) is 11.5 Å². The van der Waals surface area contributed by atoms with Crippen molar-refractivity contribution in [2.75, 3.05) is 7.11 Å². The first kappa shape index (κ1) is 11.9. The molecule has 0 unspecified atom stereocenters. The SMILES string of the molecule is COc1cc(OC(C)C)ccc1B(O)O. The van der Waals surface area contributed by atoms with Crippen LogP contribution in [0.4, 0.5) is 0 Å². The molecule has 0 amide bonds. The van der Waals surface area contributed by atoms with Gasteiger partial charge in [-0.2, -0.15) is 0 Å². The van der Waals surface area contributed by atoms with E-state index in [1.807, 2.05) is 13.8 Å². The van der Waals surface area contributed by atoms with Gasteiger partial charge in [-0.05, 0) is 19.9 Å². The topological polar surface area (TPSA) is 58.9 Å². The van der Waals surface area contributed by atoms with Crippen molar-refractivity contribution in [1.29, 1.82) is 0 Å². The van der Waals surface area contributed by atoms with Crippen LogP contribution in [0.1, 0.15) is 13.8 Å². The van der Waals surface area contributed by atoms with Crippen molar-refractivity contribution in [3.8, 4) is 11.5 Å². The Labute approximate surface area is 89.6 Å². The predicted molar refractivity (Wildman–Crippen MR) is 58.6 cm³/mol. The van der Waals surface area contributed by atoms with Gasteiger partial charge in [0.25, 0.3) is 0 Å². The average molecular weight is 210 g/mol. The van der Waals surface area contributed by atoms with Gasteiger partial charge in [0, 0.05) is 11.5 Å². The number of methoxy groups -OCH3 is 1. The molecule has 0 aromatic heterocycles. The van der Waals surface area contributed by atoms with E-state index in [1.165, 1.54) is 7.11 Å². The van der Waals surface area contributed by atoms with Crippen LogP contribution in [0.25, 0.3) is 0 Å². The second-order valence-corrected chi connectivity index (χ2v) is 3.44. The predicted octanol–water partition coefficient (Wildman–Crippen LogP) is 0.162. The van der Waals surface area contributed by atoms with Crippen LogP contribution in [0, 0.1) is 0 Å². The van der Waals surface area contributed by atoms with Gasteiger partial charge in [0.15, 0.2) is 0 Å². The molecule has 1 aromatic rings. The van der Waals surface area contributed by atoms with E-state index in [1.54, 1.807) is 18.2 Å². The van der Waals surface area contributed by atoms with Gasteiger partial charge >= 0.3 is 7.12 Å². The van der Waals surface area contributed by atoms with E-state index in [-0.39, 0.29) is 6.10 Å². The molecule has 15 heavy (non-hydrogen) atoms. The number of benzene rings is 1. The highest BCUT2D eigenvalue weighted by atomic mass is 16.5. The van der Waals surface area contributed by atoms with Crippen LogP contribution in [-0.4, -0.2) is 30.4 Å². The molecule has 0 saturated carbocycles. The Hall–Kier alpha value is -1.20. The van der Waals surface area contributed by atoms with Crippen LogP contribution >= 0.6 is 0 Å². The minimum atomic E-state index is -1.53. The minimum absolute atomic E-state index is 0.0691. The molecule has 0 aliphatic carbocycles. The minimum Gasteiger partial charge on any atom is -0.497 e. The molecule has 0 fully saturated rings. The monoisotopic (exact) mass is 210 g/mol. The second-order valence-electron chi connectivity index (χ2n) is 3.44. The Bertz CT molecular complexity index is 325. The maximum Gasteiger partial charge on any atom is 0.492 e. The molecular formula is C10H15BO4. The van der Waals surface area contributed by atoms with Crippen molar-refractivity contribution >= 4 is 12.6 Å². The number of hydrogen-bond donors (Lipinski definition) is 2. The summed E-state index contributed by atoms with van der Waals surface area (Å²) in [6.45, 7) is 3.84. The summed E-state index contributed by atoms with van der Waals surface area (Å²) in [4.78, 5) is 0. The van der Waals surface area contributed by atoms with Gasteiger partial charge < -0.3 is 19.5 Å². The number of hydrogen-bond acceptors (Lipinski definition) is 4. The molecule has 0 atom stereocenters. The fourth-order valence-corrected chi connectivity index (χ4v) is 1.25. The van der Waals surface area contributed by atoms with Crippen LogP contribution in [0.2, 0.25) is 0 Å². The molecule has 0 saturated heterocycles. The summed E-state index contributed by atoms with van der Waals surface area (Å²) in [5.74, 6) is 1.05. The maximum absolute atomic E-state index is 9.04. The van der Waals surface area contributed by atoms with E-state index >= 15 is 0 Å². The highest BCUT2D eigenvalue weighted by molar-refractivity contribution is 6.59. The van der Waals surface area contributed by atoms with Crippen LogP contribution < -0.4 is 14.9 Å². The van der Waals surface area contributed by atoms with Crippen LogP contribution in [0.3, 0.4) is 0 Å². The van der Waals surface area contributed by atoms with Crippen molar-refractivity contribution in [3.63, 3.8) is 0 Å². The van der Waals surface area contributed by atoms with Crippen molar-refractivity contribution in [3.05, 3.63) is 18.2 Å². The molecule has 0 spiro atoms. The van der Waals surface area contributed by atoms with E-state index in [0.29, 0.717) is 17.0 Å². The highest BCUT2D eigenvalue weighted by Gasteiger charge is 2.17. The van der Waals surface area contributed by atoms with Crippen molar-refractivity contribution in [2.24, 2.45) is 0 Å². The summed E-state index contributed by atoms with van der Waals surface area (Å²) in [5.41, 5.74) is 0.327. The third kappa shape index (κ3) is 3.14. The summed E-state index contributed by atoms with van der Waals surface area (Å²) in [6, 6.07) is 4.88. The van der Waals surface area contributed by atoms with E-state index in [9.17, 15) is 0 Å². The Kier molecular flexibility index (Phi) is 4.00. The molecular weight excluding hydrogens is 195 g/mol. The van der Waals surface area contributed by atoms with Crippen molar-refractivity contribution < 1.29 is 19.5 Å². The summed E-state index contributed by atoms with van der Waals surface area (Å²) in [7, 11) is -0.0616. The van der Waals surface area contributed by atoms with Gasteiger partial charge in [0.1, 0.15) is 11.5 Å². The first-order chi connectivity index (χ1) is 7.04. The summed E-state index contributed by atoms with van der Waals surface area (Å²) >= 11 is 0. The van der Waals surface area contributed by atoms with Gasteiger partial charge in [0.2, 0.25) is 0 Å². The Morgan fingerprint density at radius 2 is 1.93 bits per heavy atom. The fourth-order valence-electron chi connectivity index (χ4n) is 1.25. The molecule has 1 aromatic carbocycles. The Morgan fingerprint density at radius 3 is 2.40 bits per heavy atom. The van der Waals surface area contributed by atoms with Crippen LogP contribution in [-0.2, 0) is 0 Å². The second kappa shape index (κ2) is 5.05. The lowest BCUT2D eigenvalue weighted by molar-refractivity contribution is 0.241. The molecule has 2 N–H and O–H groups in total. The summed E-state index contributed by atoms with van der Waals surface area (Å²) < 4.78 is 10.5. The van der Waals surface area contributed by atoms with Crippen molar-refractivity contribution in [2.45, 2.75) is 20.0 Å². The third-order valence-electron chi connectivity index (χ3n) is 1.85. The zero-order chi connectivity index (χ0) is 11.4. The molecule has 0 bridgehead atoms. The van der Waals surface area contributed by atoms with E-state index < -0.39 is 7.12 Å². The van der Waals surface area contributed by atoms with Gasteiger partial charge in [-0.15, -0.1) is 0 Å². The normalized spacial score (nSPS) is 10.3. The van der Waals surface area contributed by atoms with E-state index in [4.69, 9.17) is 19.5 Å². The smallest absolute Gasteiger partial charge is 0.492 e. The van der Waals surface area contributed by atoms with E-state index in [2.05, 4.69) is 0 Å². The highest BCUT2D eigenvalue weighted by Crippen LogP contribution is 2.18. The summed E-state index contributed by atoms with van der Waals surface area (Å²) in [6.07, 6.45) is 0.0691. The molecule has 4 nitrogen and oxygen atoms in total. The largest absolute Gasteiger partial charge is 0.497 e. The first-order valence-corrected chi connectivity index (χ1v) is 4.75. The van der Waals surface area contributed by atoms with Gasteiger partial charge in [0.05, 0.1) is 13.2 Å². The molecule has 0 radical (unpaired) electrons. The maximum atomic E-state index is 9.04. The lowest BCUT2D eigenvalue weighted by Crippen LogP contribution is -2.31. The molecule has 0 aliphatic heterocycles. The van der Waals surface area contributed by atoms with Gasteiger partial charge in [-0.1, -0.05) is 6.07 Å². The fraction of sp³-hybridized carbons (Fsp3) is 0.400. The van der Waals surface area contributed by atoms with Gasteiger partial charge in [-0.25, -0.2) is 0 Å². The molecule has 0 heterocycles. The number of rotatable bonds is 4. The Balaban J connectivity index is 2.97.